The molecule has 0 aromatic heterocycles. The van der Waals surface area contributed by atoms with Gasteiger partial charge in [-0.25, -0.2) is 0 Å². The normalized spacial score (nSPS) is 13.7. The first-order valence-electron chi connectivity index (χ1n) is 8.07. The highest BCUT2D eigenvalue weighted by atomic mass is 16.3. The molecule has 1 N–H and O–H groups in total. The molecule has 1 aliphatic carbocycles. The Morgan fingerprint density at radius 2 is 1.09 bits per heavy atom. The monoisotopic (exact) mass is 300 g/mol. The van der Waals surface area contributed by atoms with Gasteiger partial charge < -0.3 is 5.11 Å². The van der Waals surface area contributed by atoms with Crippen LogP contribution in [0.1, 0.15) is 42.0 Å². The smallest absolute Gasteiger partial charge is 0.0843 e. The fourth-order valence-electron chi connectivity index (χ4n) is 3.80. The van der Waals surface area contributed by atoms with Crippen molar-refractivity contribution in [3.63, 3.8) is 0 Å². The summed E-state index contributed by atoms with van der Waals surface area (Å²) >= 11 is 0. The Hall–Kier alpha value is -2.38. The third-order valence-electron chi connectivity index (χ3n) is 4.76. The fourth-order valence-corrected chi connectivity index (χ4v) is 3.80. The second kappa shape index (κ2) is 5.07. The molecule has 1 nitrogen and oxygen atoms in total. The van der Waals surface area contributed by atoms with Crippen LogP contribution in [0, 0.1) is 0 Å². The van der Waals surface area contributed by atoms with E-state index in [0.29, 0.717) is 0 Å². The van der Waals surface area contributed by atoms with E-state index >= 15 is 0 Å². The van der Waals surface area contributed by atoms with Crippen molar-refractivity contribution in [1.82, 2.24) is 0 Å². The largest absolute Gasteiger partial charge is 0.386 e. The molecule has 0 saturated heterocycles. The summed E-state index contributed by atoms with van der Waals surface area (Å²) in [6.07, 6.45) is 0. The third kappa shape index (κ3) is 2.20. The third-order valence-corrected chi connectivity index (χ3v) is 4.76. The second-order valence-electron chi connectivity index (χ2n) is 6.75. The Bertz CT molecular complexity index is 825. The molecule has 0 fully saturated rings. The highest BCUT2D eigenvalue weighted by molar-refractivity contribution is 5.80. The highest BCUT2D eigenvalue weighted by Crippen LogP contribution is 2.49. The minimum atomic E-state index is -0.858. The highest BCUT2D eigenvalue weighted by Gasteiger charge is 2.32. The SMILES string of the molecule is CC(C)(O)c1ccccc1C1c2ccccc2-c2ccccc21. The van der Waals surface area contributed by atoms with Crippen LogP contribution < -0.4 is 0 Å². The zero-order valence-corrected chi connectivity index (χ0v) is 13.5. The van der Waals surface area contributed by atoms with Crippen molar-refractivity contribution in [2.24, 2.45) is 0 Å². The van der Waals surface area contributed by atoms with Gasteiger partial charge in [-0.3, -0.25) is 0 Å². The quantitative estimate of drug-likeness (QED) is 0.547. The molecule has 0 heterocycles. The zero-order valence-electron chi connectivity index (χ0n) is 13.5. The first kappa shape index (κ1) is 14.2. The molecule has 0 saturated carbocycles. The number of rotatable bonds is 2. The molecule has 0 unspecified atom stereocenters. The van der Waals surface area contributed by atoms with E-state index in [4.69, 9.17) is 0 Å². The van der Waals surface area contributed by atoms with Crippen molar-refractivity contribution in [3.8, 4) is 11.1 Å². The molecule has 0 spiro atoms. The van der Waals surface area contributed by atoms with Gasteiger partial charge in [0.1, 0.15) is 0 Å². The van der Waals surface area contributed by atoms with Gasteiger partial charge in [0.25, 0.3) is 0 Å². The molecule has 1 aliphatic rings. The molecule has 23 heavy (non-hydrogen) atoms. The number of hydrogen-bond acceptors (Lipinski definition) is 1. The second-order valence-corrected chi connectivity index (χ2v) is 6.75. The molecule has 0 aliphatic heterocycles. The number of benzene rings is 3. The zero-order chi connectivity index (χ0) is 16.0. The molecular weight excluding hydrogens is 280 g/mol. The van der Waals surface area contributed by atoms with Gasteiger partial charge in [0.2, 0.25) is 0 Å². The first-order valence-corrected chi connectivity index (χ1v) is 8.07. The molecule has 3 aromatic rings. The fraction of sp³-hybridized carbons (Fsp3) is 0.182. The van der Waals surface area contributed by atoms with E-state index < -0.39 is 5.60 Å². The standard InChI is InChI=1S/C22H20O/c1-22(2,23)20-14-8-7-13-19(20)21-17-11-5-3-9-15(17)16-10-4-6-12-18(16)21/h3-14,21,23H,1-2H3. The van der Waals surface area contributed by atoms with Gasteiger partial charge in [-0.05, 0) is 47.2 Å². The Labute approximate surface area is 137 Å². The Kier molecular flexibility index (Phi) is 3.14. The minimum absolute atomic E-state index is 0.185. The maximum absolute atomic E-state index is 10.6. The van der Waals surface area contributed by atoms with Crippen molar-refractivity contribution in [2.45, 2.75) is 25.4 Å². The van der Waals surface area contributed by atoms with Crippen LogP contribution in [0.3, 0.4) is 0 Å². The van der Waals surface area contributed by atoms with E-state index in [1.807, 2.05) is 26.0 Å². The van der Waals surface area contributed by atoms with Crippen LogP contribution in [-0.2, 0) is 5.60 Å². The maximum Gasteiger partial charge on any atom is 0.0843 e. The molecule has 0 atom stereocenters. The Morgan fingerprint density at radius 3 is 1.61 bits per heavy atom. The summed E-state index contributed by atoms with van der Waals surface area (Å²) in [7, 11) is 0. The summed E-state index contributed by atoms with van der Waals surface area (Å²) in [6, 6.07) is 25.5. The van der Waals surface area contributed by atoms with Crippen molar-refractivity contribution in [3.05, 3.63) is 95.1 Å². The topological polar surface area (TPSA) is 20.2 Å². The maximum atomic E-state index is 10.6. The van der Waals surface area contributed by atoms with Gasteiger partial charge in [0.15, 0.2) is 0 Å². The Morgan fingerprint density at radius 1 is 0.652 bits per heavy atom. The van der Waals surface area contributed by atoms with Crippen molar-refractivity contribution < 1.29 is 5.11 Å². The lowest BCUT2D eigenvalue weighted by Gasteiger charge is -2.25. The number of hydrogen-bond donors (Lipinski definition) is 1. The van der Waals surface area contributed by atoms with Crippen LogP contribution in [-0.4, -0.2) is 5.11 Å². The van der Waals surface area contributed by atoms with E-state index in [2.05, 4.69) is 60.7 Å². The van der Waals surface area contributed by atoms with Crippen molar-refractivity contribution in [1.29, 1.82) is 0 Å². The van der Waals surface area contributed by atoms with Crippen LogP contribution in [0.2, 0.25) is 0 Å². The minimum Gasteiger partial charge on any atom is -0.386 e. The lowest BCUT2D eigenvalue weighted by Crippen LogP contribution is -2.19. The molecule has 0 radical (unpaired) electrons. The molecule has 0 amide bonds. The molecule has 1 heteroatoms. The van der Waals surface area contributed by atoms with E-state index in [9.17, 15) is 5.11 Å². The lowest BCUT2D eigenvalue weighted by atomic mass is 9.82. The number of fused-ring (bicyclic) bond motifs is 3. The van der Waals surface area contributed by atoms with Crippen LogP contribution in [0.4, 0.5) is 0 Å². The summed E-state index contributed by atoms with van der Waals surface area (Å²) in [4.78, 5) is 0. The van der Waals surface area contributed by atoms with E-state index in [0.717, 1.165) is 5.56 Å². The molecule has 4 rings (SSSR count). The lowest BCUT2D eigenvalue weighted by molar-refractivity contribution is 0.0775. The van der Waals surface area contributed by atoms with Crippen molar-refractivity contribution >= 4 is 0 Å². The van der Waals surface area contributed by atoms with E-state index in [-0.39, 0.29) is 5.92 Å². The predicted molar refractivity (Wildman–Crippen MR) is 94.5 cm³/mol. The average Bonchev–Trinajstić information content (AvgIpc) is 2.88. The van der Waals surface area contributed by atoms with Gasteiger partial charge in [0.05, 0.1) is 5.60 Å². The molecular formula is C22H20O. The van der Waals surface area contributed by atoms with Gasteiger partial charge in [-0.2, -0.15) is 0 Å². The van der Waals surface area contributed by atoms with E-state index in [1.54, 1.807) is 0 Å². The summed E-state index contributed by atoms with van der Waals surface area (Å²) in [5.41, 5.74) is 6.59. The first-order chi connectivity index (χ1) is 11.1. The van der Waals surface area contributed by atoms with Gasteiger partial charge in [-0.1, -0.05) is 72.8 Å². The number of aliphatic hydroxyl groups is 1. The van der Waals surface area contributed by atoms with Crippen LogP contribution >= 0.6 is 0 Å². The summed E-state index contributed by atoms with van der Waals surface area (Å²) < 4.78 is 0. The van der Waals surface area contributed by atoms with E-state index in [1.165, 1.54) is 27.8 Å². The van der Waals surface area contributed by atoms with Crippen molar-refractivity contribution in [2.75, 3.05) is 0 Å². The molecule has 3 aromatic carbocycles. The van der Waals surface area contributed by atoms with Crippen LogP contribution in [0.15, 0.2) is 72.8 Å². The predicted octanol–water partition coefficient (Wildman–Crippen LogP) is 5.07. The summed E-state index contributed by atoms with van der Waals surface area (Å²) in [5.74, 6) is 0.185. The van der Waals surface area contributed by atoms with Crippen LogP contribution in [0.5, 0.6) is 0 Å². The van der Waals surface area contributed by atoms with Gasteiger partial charge in [0, 0.05) is 5.92 Å². The molecule has 114 valence electrons. The van der Waals surface area contributed by atoms with Crippen LogP contribution in [0.25, 0.3) is 11.1 Å². The summed E-state index contributed by atoms with van der Waals surface area (Å²) in [6.45, 7) is 3.72. The molecule has 0 bridgehead atoms. The average molecular weight is 300 g/mol. The Balaban J connectivity index is 2.01. The summed E-state index contributed by atoms with van der Waals surface area (Å²) in [5, 5.41) is 10.6. The van der Waals surface area contributed by atoms with Gasteiger partial charge in [-0.15, -0.1) is 0 Å². The van der Waals surface area contributed by atoms with Gasteiger partial charge >= 0.3 is 0 Å².